The van der Waals surface area contributed by atoms with Crippen molar-refractivity contribution in [3.63, 3.8) is 0 Å². The van der Waals surface area contributed by atoms with Crippen molar-refractivity contribution >= 4 is 17.3 Å². The van der Waals surface area contributed by atoms with Crippen LogP contribution in [0.5, 0.6) is 0 Å². The SMILES string of the molecule is Cc1ccc(N)cc1NC(=O)CCCN(C)C(C)C1CC1. The quantitative estimate of drug-likeness (QED) is 0.759. The molecule has 2 rings (SSSR count). The lowest BCUT2D eigenvalue weighted by atomic mass is 10.1. The first-order valence-corrected chi connectivity index (χ1v) is 7.83. The number of nitrogens with one attached hydrogen (secondary N) is 1. The molecule has 0 radical (unpaired) electrons. The van der Waals surface area contributed by atoms with Crippen LogP contribution in [-0.2, 0) is 4.79 Å². The molecule has 21 heavy (non-hydrogen) atoms. The van der Waals surface area contributed by atoms with Gasteiger partial charge in [-0.1, -0.05) is 6.07 Å². The molecule has 3 N–H and O–H groups in total. The average molecular weight is 289 g/mol. The molecule has 4 nitrogen and oxygen atoms in total. The lowest BCUT2D eigenvalue weighted by Crippen LogP contribution is -2.32. The van der Waals surface area contributed by atoms with Gasteiger partial charge in [0.15, 0.2) is 0 Å². The summed E-state index contributed by atoms with van der Waals surface area (Å²) >= 11 is 0. The summed E-state index contributed by atoms with van der Waals surface area (Å²) in [5.41, 5.74) is 8.29. The summed E-state index contributed by atoms with van der Waals surface area (Å²) in [4.78, 5) is 14.4. The van der Waals surface area contributed by atoms with Crippen LogP contribution >= 0.6 is 0 Å². The smallest absolute Gasteiger partial charge is 0.224 e. The molecule has 0 aromatic heterocycles. The number of nitrogens with two attached hydrogens (primary N) is 1. The molecule has 116 valence electrons. The van der Waals surface area contributed by atoms with E-state index in [0.29, 0.717) is 18.2 Å². The van der Waals surface area contributed by atoms with Crippen LogP contribution in [0.1, 0.15) is 38.2 Å². The van der Waals surface area contributed by atoms with E-state index >= 15 is 0 Å². The summed E-state index contributed by atoms with van der Waals surface area (Å²) in [6, 6.07) is 6.23. The fourth-order valence-electron chi connectivity index (χ4n) is 2.62. The summed E-state index contributed by atoms with van der Waals surface area (Å²) in [5.74, 6) is 0.940. The average Bonchev–Trinajstić information content (AvgIpc) is 3.26. The third-order valence-corrected chi connectivity index (χ3v) is 4.45. The molecule has 1 amide bonds. The molecule has 4 heteroatoms. The minimum Gasteiger partial charge on any atom is -0.399 e. The van der Waals surface area contributed by atoms with Gasteiger partial charge in [0.2, 0.25) is 5.91 Å². The van der Waals surface area contributed by atoms with Crippen LogP contribution in [0.2, 0.25) is 0 Å². The molecule has 0 heterocycles. The Labute approximate surface area is 127 Å². The maximum absolute atomic E-state index is 12.0. The van der Waals surface area contributed by atoms with Gasteiger partial charge in [-0.05, 0) is 70.3 Å². The minimum absolute atomic E-state index is 0.0659. The molecule has 1 aromatic rings. The zero-order valence-corrected chi connectivity index (χ0v) is 13.4. The first kappa shape index (κ1) is 15.8. The molecule has 1 fully saturated rings. The topological polar surface area (TPSA) is 58.4 Å². The Kier molecular flexibility index (Phi) is 5.23. The molecular formula is C17H27N3O. The molecule has 1 unspecified atom stereocenters. The zero-order chi connectivity index (χ0) is 15.4. The summed E-state index contributed by atoms with van der Waals surface area (Å²) in [6.07, 6.45) is 4.16. The third-order valence-electron chi connectivity index (χ3n) is 4.45. The Bertz CT molecular complexity index is 497. The highest BCUT2D eigenvalue weighted by Crippen LogP contribution is 2.34. The lowest BCUT2D eigenvalue weighted by Gasteiger charge is -2.24. The molecule has 0 aliphatic heterocycles. The number of nitrogen functional groups attached to an aromatic ring is 1. The number of carbonyl (C=O) groups is 1. The number of benzene rings is 1. The van der Waals surface area contributed by atoms with Crippen molar-refractivity contribution in [2.45, 2.75) is 45.6 Å². The van der Waals surface area contributed by atoms with E-state index in [-0.39, 0.29) is 5.91 Å². The van der Waals surface area contributed by atoms with Crippen molar-refractivity contribution in [1.82, 2.24) is 4.90 Å². The Morgan fingerprint density at radius 1 is 1.48 bits per heavy atom. The van der Waals surface area contributed by atoms with Crippen molar-refractivity contribution in [2.24, 2.45) is 5.92 Å². The Balaban J connectivity index is 1.73. The van der Waals surface area contributed by atoms with Gasteiger partial charge in [0.05, 0.1) is 0 Å². The van der Waals surface area contributed by atoms with E-state index in [0.717, 1.165) is 30.1 Å². The van der Waals surface area contributed by atoms with Gasteiger partial charge in [0, 0.05) is 23.8 Å². The first-order valence-electron chi connectivity index (χ1n) is 7.83. The second-order valence-corrected chi connectivity index (χ2v) is 6.28. The summed E-state index contributed by atoms with van der Waals surface area (Å²) in [7, 11) is 2.16. The van der Waals surface area contributed by atoms with Gasteiger partial charge in [0.1, 0.15) is 0 Å². The number of nitrogens with zero attached hydrogens (tertiary/aromatic N) is 1. The zero-order valence-electron chi connectivity index (χ0n) is 13.4. The summed E-state index contributed by atoms with van der Waals surface area (Å²) < 4.78 is 0. The highest BCUT2D eigenvalue weighted by atomic mass is 16.1. The van der Waals surface area contributed by atoms with E-state index in [4.69, 9.17) is 5.73 Å². The second kappa shape index (κ2) is 6.94. The summed E-state index contributed by atoms with van der Waals surface area (Å²) in [6.45, 7) is 5.23. The molecule has 1 saturated carbocycles. The van der Waals surface area contributed by atoms with E-state index in [9.17, 15) is 4.79 Å². The van der Waals surface area contributed by atoms with Crippen molar-refractivity contribution < 1.29 is 4.79 Å². The molecule has 1 aromatic carbocycles. The number of hydrogen-bond donors (Lipinski definition) is 2. The van der Waals surface area contributed by atoms with Crippen molar-refractivity contribution in [3.8, 4) is 0 Å². The van der Waals surface area contributed by atoms with E-state index in [1.807, 2.05) is 25.1 Å². The molecule has 0 saturated heterocycles. The Morgan fingerprint density at radius 2 is 2.19 bits per heavy atom. The standard InChI is InChI=1S/C17H27N3O/c1-12-6-9-15(18)11-16(12)19-17(21)5-4-10-20(3)13(2)14-7-8-14/h6,9,11,13-14H,4-5,7-8,10,18H2,1-3H3,(H,19,21). The second-order valence-electron chi connectivity index (χ2n) is 6.28. The minimum atomic E-state index is 0.0659. The van der Waals surface area contributed by atoms with Gasteiger partial charge in [-0.3, -0.25) is 4.79 Å². The van der Waals surface area contributed by atoms with Gasteiger partial charge in [-0.2, -0.15) is 0 Å². The van der Waals surface area contributed by atoms with Crippen molar-refractivity contribution in [2.75, 3.05) is 24.6 Å². The van der Waals surface area contributed by atoms with Gasteiger partial charge >= 0.3 is 0 Å². The van der Waals surface area contributed by atoms with Crippen LogP contribution < -0.4 is 11.1 Å². The molecular weight excluding hydrogens is 262 g/mol. The maximum Gasteiger partial charge on any atom is 0.224 e. The summed E-state index contributed by atoms with van der Waals surface area (Å²) in [5, 5.41) is 2.95. The van der Waals surface area contributed by atoms with Gasteiger partial charge in [-0.15, -0.1) is 0 Å². The molecule has 1 aliphatic carbocycles. The Hall–Kier alpha value is -1.55. The first-order chi connectivity index (χ1) is 9.97. The predicted molar refractivity (Wildman–Crippen MR) is 88.3 cm³/mol. The van der Waals surface area contributed by atoms with Crippen LogP contribution in [0.4, 0.5) is 11.4 Å². The lowest BCUT2D eigenvalue weighted by molar-refractivity contribution is -0.116. The number of aryl methyl sites for hydroxylation is 1. The third kappa shape index (κ3) is 4.74. The molecule has 0 spiro atoms. The molecule has 0 bridgehead atoms. The highest BCUT2D eigenvalue weighted by molar-refractivity contribution is 5.91. The van der Waals surface area contributed by atoms with Gasteiger partial charge in [0.25, 0.3) is 0 Å². The highest BCUT2D eigenvalue weighted by Gasteiger charge is 2.30. The van der Waals surface area contributed by atoms with Gasteiger partial charge in [-0.25, -0.2) is 0 Å². The number of amides is 1. The van der Waals surface area contributed by atoms with Crippen LogP contribution in [0.25, 0.3) is 0 Å². The predicted octanol–water partition coefficient (Wildman–Crippen LogP) is 3.03. The largest absolute Gasteiger partial charge is 0.399 e. The van der Waals surface area contributed by atoms with E-state index in [2.05, 4.69) is 24.2 Å². The van der Waals surface area contributed by atoms with Crippen molar-refractivity contribution in [3.05, 3.63) is 23.8 Å². The fraction of sp³-hybridized carbons (Fsp3) is 0.588. The van der Waals surface area contributed by atoms with Crippen molar-refractivity contribution in [1.29, 1.82) is 0 Å². The van der Waals surface area contributed by atoms with Crippen LogP contribution in [0.3, 0.4) is 0 Å². The number of anilines is 2. The monoisotopic (exact) mass is 289 g/mol. The maximum atomic E-state index is 12.0. The van der Waals surface area contributed by atoms with E-state index < -0.39 is 0 Å². The molecule has 1 aliphatic rings. The molecule has 1 atom stereocenters. The number of rotatable bonds is 7. The van der Waals surface area contributed by atoms with Crippen LogP contribution in [0, 0.1) is 12.8 Å². The van der Waals surface area contributed by atoms with E-state index in [1.165, 1.54) is 12.8 Å². The Morgan fingerprint density at radius 3 is 2.86 bits per heavy atom. The normalized spacial score (nSPS) is 16.0. The van der Waals surface area contributed by atoms with Crippen LogP contribution in [-0.4, -0.2) is 30.4 Å². The fourth-order valence-corrected chi connectivity index (χ4v) is 2.62. The van der Waals surface area contributed by atoms with Crippen LogP contribution in [0.15, 0.2) is 18.2 Å². The number of hydrogen-bond acceptors (Lipinski definition) is 3. The van der Waals surface area contributed by atoms with Gasteiger partial charge < -0.3 is 16.0 Å². The van der Waals surface area contributed by atoms with E-state index in [1.54, 1.807) is 0 Å². The number of carbonyl (C=O) groups excluding carboxylic acids is 1.